The molecule has 0 aromatic heterocycles. The molecule has 5 heteroatoms. The average molecular weight is 316 g/mol. The summed E-state index contributed by atoms with van der Waals surface area (Å²) in [6, 6.07) is 4.48. The molecule has 1 aliphatic rings. The van der Waals surface area contributed by atoms with Crippen LogP contribution in [-0.4, -0.2) is 36.1 Å². The number of amides is 1. The standard InChI is InChI=1S/C13H15BrFNO2/c1-8-6-16(7-9(2)18-8)13(17)11-4-3-10(14)5-12(11)15/h3-5,8-9H,6-7H2,1-2H3. The van der Waals surface area contributed by atoms with E-state index in [0.717, 1.165) is 0 Å². The van der Waals surface area contributed by atoms with Crippen LogP contribution >= 0.6 is 15.9 Å². The van der Waals surface area contributed by atoms with Crippen LogP contribution < -0.4 is 0 Å². The van der Waals surface area contributed by atoms with Crippen molar-refractivity contribution in [3.63, 3.8) is 0 Å². The molecule has 0 N–H and O–H groups in total. The predicted octanol–water partition coefficient (Wildman–Crippen LogP) is 2.84. The van der Waals surface area contributed by atoms with E-state index >= 15 is 0 Å². The van der Waals surface area contributed by atoms with Gasteiger partial charge in [0.25, 0.3) is 5.91 Å². The summed E-state index contributed by atoms with van der Waals surface area (Å²) in [5.74, 6) is -0.775. The van der Waals surface area contributed by atoms with Crippen molar-refractivity contribution >= 4 is 21.8 Å². The molecule has 0 radical (unpaired) electrons. The molecule has 3 nitrogen and oxygen atoms in total. The van der Waals surface area contributed by atoms with Gasteiger partial charge in [0.15, 0.2) is 0 Å². The highest BCUT2D eigenvalue weighted by molar-refractivity contribution is 9.10. The predicted molar refractivity (Wildman–Crippen MR) is 70.0 cm³/mol. The van der Waals surface area contributed by atoms with Crippen LogP contribution in [0.1, 0.15) is 24.2 Å². The number of ether oxygens (including phenoxy) is 1. The molecular formula is C13H15BrFNO2. The van der Waals surface area contributed by atoms with E-state index in [9.17, 15) is 9.18 Å². The van der Waals surface area contributed by atoms with Crippen LogP contribution in [0.4, 0.5) is 4.39 Å². The van der Waals surface area contributed by atoms with Crippen molar-refractivity contribution in [1.82, 2.24) is 4.90 Å². The maximum Gasteiger partial charge on any atom is 0.257 e. The third-order valence-corrected chi connectivity index (χ3v) is 3.36. The molecule has 2 unspecified atom stereocenters. The molecule has 0 aliphatic carbocycles. The van der Waals surface area contributed by atoms with Crippen molar-refractivity contribution in [3.05, 3.63) is 34.1 Å². The number of carbonyl (C=O) groups is 1. The number of carbonyl (C=O) groups excluding carboxylic acids is 1. The summed E-state index contributed by atoms with van der Waals surface area (Å²) < 4.78 is 19.9. The maximum atomic E-state index is 13.7. The zero-order chi connectivity index (χ0) is 13.3. The Balaban J connectivity index is 2.20. The second-order valence-corrected chi connectivity index (χ2v) is 5.51. The molecule has 1 heterocycles. The van der Waals surface area contributed by atoms with E-state index in [0.29, 0.717) is 17.6 Å². The van der Waals surface area contributed by atoms with E-state index in [4.69, 9.17) is 4.74 Å². The Morgan fingerprint density at radius 1 is 1.39 bits per heavy atom. The lowest BCUT2D eigenvalue weighted by molar-refractivity contribution is -0.0587. The molecule has 0 spiro atoms. The first-order valence-corrected chi connectivity index (χ1v) is 6.66. The van der Waals surface area contributed by atoms with E-state index in [2.05, 4.69) is 15.9 Å². The van der Waals surface area contributed by atoms with Crippen molar-refractivity contribution in [2.24, 2.45) is 0 Å². The smallest absolute Gasteiger partial charge is 0.257 e. The van der Waals surface area contributed by atoms with Gasteiger partial charge in [-0.1, -0.05) is 15.9 Å². The second kappa shape index (κ2) is 5.36. The van der Waals surface area contributed by atoms with Crippen LogP contribution in [0.15, 0.2) is 22.7 Å². The van der Waals surface area contributed by atoms with E-state index in [1.807, 2.05) is 13.8 Å². The largest absolute Gasteiger partial charge is 0.372 e. The number of rotatable bonds is 1. The fourth-order valence-electron chi connectivity index (χ4n) is 2.18. The first kappa shape index (κ1) is 13.5. The molecule has 1 aromatic rings. The van der Waals surface area contributed by atoms with Gasteiger partial charge in [0.1, 0.15) is 5.82 Å². The normalized spacial score (nSPS) is 24.1. The van der Waals surface area contributed by atoms with Crippen molar-refractivity contribution in [1.29, 1.82) is 0 Å². The van der Waals surface area contributed by atoms with Crippen molar-refractivity contribution in [2.75, 3.05) is 13.1 Å². The van der Waals surface area contributed by atoms with E-state index in [1.54, 1.807) is 11.0 Å². The van der Waals surface area contributed by atoms with Crippen LogP contribution in [0.3, 0.4) is 0 Å². The van der Waals surface area contributed by atoms with Gasteiger partial charge < -0.3 is 9.64 Å². The highest BCUT2D eigenvalue weighted by atomic mass is 79.9. The van der Waals surface area contributed by atoms with Gasteiger partial charge in [0.2, 0.25) is 0 Å². The number of hydrogen-bond donors (Lipinski definition) is 0. The summed E-state index contributed by atoms with van der Waals surface area (Å²) in [5.41, 5.74) is 0.111. The van der Waals surface area contributed by atoms with Gasteiger partial charge in [-0.2, -0.15) is 0 Å². The molecular weight excluding hydrogens is 301 g/mol. The fourth-order valence-corrected chi connectivity index (χ4v) is 2.51. The first-order chi connectivity index (χ1) is 8.47. The lowest BCUT2D eigenvalue weighted by atomic mass is 10.1. The average Bonchev–Trinajstić information content (AvgIpc) is 2.26. The Labute approximate surface area is 114 Å². The van der Waals surface area contributed by atoms with Gasteiger partial charge in [0, 0.05) is 17.6 Å². The molecule has 1 fully saturated rings. The quantitative estimate of drug-likeness (QED) is 0.797. The number of nitrogens with zero attached hydrogens (tertiary/aromatic N) is 1. The molecule has 98 valence electrons. The maximum absolute atomic E-state index is 13.7. The molecule has 0 bridgehead atoms. The lowest BCUT2D eigenvalue weighted by Gasteiger charge is -2.35. The molecule has 18 heavy (non-hydrogen) atoms. The minimum atomic E-state index is -0.499. The Bertz CT molecular complexity index is 456. The fraction of sp³-hybridized carbons (Fsp3) is 0.462. The van der Waals surface area contributed by atoms with Gasteiger partial charge in [0.05, 0.1) is 17.8 Å². The topological polar surface area (TPSA) is 29.5 Å². The van der Waals surface area contributed by atoms with Crippen molar-refractivity contribution in [3.8, 4) is 0 Å². The van der Waals surface area contributed by atoms with Crippen LogP contribution in [0.2, 0.25) is 0 Å². The Morgan fingerprint density at radius 2 is 2.00 bits per heavy atom. The number of halogens is 2. The van der Waals surface area contributed by atoms with Crippen LogP contribution in [-0.2, 0) is 4.74 Å². The molecule has 1 aromatic carbocycles. The van der Waals surface area contributed by atoms with Gasteiger partial charge in [-0.3, -0.25) is 4.79 Å². The number of morpholine rings is 1. The number of benzene rings is 1. The van der Waals surface area contributed by atoms with Crippen molar-refractivity contribution in [2.45, 2.75) is 26.1 Å². The zero-order valence-corrected chi connectivity index (χ0v) is 11.9. The van der Waals surface area contributed by atoms with Crippen LogP contribution in [0.25, 0.3) is 0 Å². The third-order valence-electron chi connectivity index (χ3n) is 2.87. The Kier molecular flexibility index (Phi) is 4.02. The lowest BCUT2D eigenvalue weighted by Crippen LogP contribution is -2.48. The second-order valence-electron chi connectivity index (χ2n) is 4.59. The highest BCUT2D eigenvalue weighted by Gasteiger charge is 2.27. The van der Waals surface area contributed by atoms with Gasteiger partial charge in [-0.25, -0.2) is 4.39 Å². The molecule has 2 rings (SSSR count). The summed E-state index contributed by atoms with van der Waals surface area (Å²) in [4.78, 5) is 13.9. The minimum Gasteiger partial charge on any atom is -0.372 e. The highest BCUT2D eigenvalue weighted by Crippen LogP contribution is 2.19. The van der Waals surface area contributed by atoms with Gasteiger partial charge in [-0.05, 0) is 32.0 Å². The van der Waals surface area contributed by atoms with Crippen LogP contribution in [0, 0.1) is 5.82 Å². The first-order valence-electron chi connectivity index (χ1n) is 5.87. The van der Waals surface area contributed by atoms with Gasteiger partial charge >= 0.3 is 0 Å². The minimum absolute atomic E-state index is 0.0174. The van der Waals surface area contributed by atoms with Gasteiger partial charge in [-0.15, -0.1) is 0 Å². The number of hydrogen-bond acceptors (Lipinski definition) is 2. The molecule has 1 saturated heterocycles. The molecule has 1 amide bonds. The molecule has 2 atom stereocenters. The third kappa shape index (κ3) is 2.90. The van der Waals surface area contributed by atoms with Crippen LogP contribution in [0.5, 0.6) is 0 Å². The Morgan fingerprint density at radius 3 is 2.56 bits per heavy atom. The summed E-state index contributed by atoms with van der Waals surface area (Å²) in [6.07, 6.45) is -0.0348. The zero-order valence-electron chi connectivity index (χ0n) is 10.3. The molecule has 1 aliphatic heterocycles. The summed E-state index contributed by atoms with van der Waals surface area (Å²) in [6.45, 7) is 4.82. The summed E-state index contributed by atoms with van der Waals surface area (Å²) in [5, 5.41) is 0. The summed E-state index contributed by atoms with van der Waals surface area (Å²) in [7, 11) is 0. The van der Waals surface area contributed by atoms with E-state index in [-0.39, 0.29) is 23.7 Å². The SMILES string of the molecule is CC1CN(C(=O)c2ccc(Br)cc2F)CC(C)O1. The molecule has 0 saturated carbocycles. The van der Waals surface area contributed by atoms with E-state index < -0.39 is 5.82 Å². The van der Waals surface area contributed by atoms with E-state index in [1.165, 1.54) is 12.1 Å². The monoisotopic (exact) mass is 315 g/mol. The summed E-state index contributed by atoms with van der Waals surface area (Å²) >= 11 is 3.18. The van der Waals surface area contributed by atoms with Crippen molar-refractivity contribution < 1.29 is 13.9 Å². The Hall–Kier alpha value is -0.940.